The quantitative estimate of drug-likeness (QED) is 0.793. The van der Waals surface area contributed by atoms with E-state index < -0.39 is 0 Å². The van der Waals surface area contributed by atoms with E-state index in [0.717, 1.165) is 20.9 Å². The fraction of sp³-hybridized carbons (Fsp3) is 0.222. The maximum Gasteiger partial charge on any atom is 0.259 e. The molecular formula is C18H18N2O3S. The number of hydrogen-bond donors (Lipinski definition) is 1. The van der Waals surface area contributed by atoms with Gasteiger partial charge in [-0.05, 0) is 30.7 Å². The lowest BCUT2D eigenvalue weighted by molar-refractivity contribution is 0.0952. The first kappa shape index (κ1) is 16.3. The molecule has 0 bridgehead atoms. The van der Waals surface area contributed by atoms with Crippen LogP contribution in [0.1, 0.15) is 20.8 Å². The number of ether oxygens (including phenoxy) is 1. The van der Waals surface area contributed by atoms with Crippen molar-refractivity contribution in [3.05, 3.63) is 62.9 Å². The first-order valence-electron chi connectivity index (χ1n) is 7.51. The molecule has 6 heteroatoms. The van der Waals surface area contributed by atoms with Crippen LogP contribution in [0.4, 0.5) is 0 Å². The zero-order valence-electron chi connectivity index (χ0n) is 13.8. The Bertz CT molecular complexity index is 955. The van der Waals surface area contributed by atoms with Crippen molar-refractivity contribution in [1.29, 1.82) is 0 Å². The van der Waals surface area contributed by atoms with Gasteiger partial charge in [-0.2, -0.15) is 0 Å². The number of aromatic nitrogens is 1. The van der Waals surface area contributed by atoms with Gasteiger partial charge in [-0.1, -0.05) is 12.1 Å². The Labute approximate surface area is 143 Å². The molecule has 124 valence electrons. The van der Waals surface area contributed by atoms with Crippen molar-refractivity contribution in [3.63, 3.8) is 0 Å². The lowest BCUT2D eigenvalue weighted by atomic mass is 10.1. The number of nitrogens with one attached hydrogen (secondary N) is 1. The molecule has 0 unspecified atom stereocenters. The zero-order chi connectivity index (χ0) is 17.3. The molecule has 2 heterocycles. The average molecular weight is 342 g/mol. The lowest BCUT2D eigenvalue weighted by Gasteiger charge is -2.07. The van der Waals surface area contributed by atoms with E-state index in [1.807, 2.05) is 37.3 Å². The van der Waals surface area contributed by atoms with Gasteiger partial charge in [0.25, 0.3) is 11.5 Å². The van der Waals surface area contributed by atoms with E-state index in [-0.39, 0.29) is 11.5 Å². The zero-order valence-corrected chi connectivity index (χ0v) is 14.6. The highest BCUT2D eigenvalue weighted by atomic mass is 32.1. The van der Waals surface area contributed by atoms with Crippen LogP contribution in [0.5, 0.6) is 5.75 Å². The third-order valence-corrected chi connectivity index (χ3v) is 5.00. The normalized spacial score (nSPS) is 10.8. The molecular weight excluding hydrogens is 324 g/mol. The molecule has 1 amide bonds. The van der Waals surface area contributed by atoms with Crippen LogP contribution in [0.25, 0.3) is 10.1 Å². The van der Waals surface area contributed by atoms with E-state index in [1.165, 1.54) is 15.9 Å². The number of carbonyl (C=O) groups is 1. The third-order valence-electron chi connectivity index (χ3n) is 3.93. The standard InChI is InChI=1S/C18H18N2O3S/c1-11-15(16-14(24-11)8-9-20(2)18(16)22)17(21)19-10-12-4-6-13(23-3)7-5-12/h4-9H,10H2,1-3H3,(H,19,21). The SMILES string of the molecule is COc1ccc(CNC(=O)c2c(C)sc3ccn(C)c(=O)c23)cc1. The molecule has 0 fully saturated rings. The minimum absolute atomic E-state index is 0.147. The summed E-state index contributed by atoms with van der Waals surface area (Å²) in [5.41, 5.74) is 1.30. The van der Waals surface area contributed by atoms with E-state index in [9.17, 15) is 9.59 Å². The Balaban J connectivity index is 1.87. The number of pyridine rings is 1. The molecule has 0 atom stereocenters. The Hall–Kier alpha value is -2.60. The minimum atomic E-state index is -0.224. The van der Waals surface area contributed by atoms with Crippen molar-refractivity contribution in [2.75, 3.05) is 7.11 Å². The van der Waals surface area contributed by atoms with Gasteiger partial charge in [0.15, 0.2) is 0 Å². The van der Waals surface area contributed by atoms with Crippen molar-refractivity contribution >= 4 is 27.3 Å². The van der Waals surface area contributed by atoms with Crippen LogP contribution >= 0.6 is 11.3 Å². The van der Waals surface area contributed by atoms with Crippen molar-refractivity contribution in [2.45, 2.75) is 13.5 Å². The summed E-state index contributed by atoms with van der Waals surface area (Å²) in [5.74, 6) is 0.547. The van der Waals surface area contributed by atoms with Crippen LogP contribution in [0.15, 0.2) is 41.3 Å². The topological polar surface area (TPSA) is 60.3 Å². The molecule has 3 rings (SSSR count). The molecule has 1 aromatic carbocycles. The predicted octanol–water partition coefficient (Wildman–Crippen LogP) is 2.85. The highest BCUT2D eigenvalue weighted by Crippen LogP contribution is 2.28. The van der Waals surface area contributed by atoms with E-state index in [1.54, 1.807) is 20.4 Å². The molecule has 0 aliphatic heterocycles. The predicted molar refractivity (Wildman–Crippen MR) is 96.0 cm³/mol. The molecule has 0 spiro atoms. The number of thiophene rings is 1. The van der Waals surface area contributed by atoms with Gasteiger partial charge in [-0.3, -0.25) is 9.59 Å². The maximum atomic E-state index is 12.6. The number of fused-ring (bicyclic) bond motifs is 1. The first-order chi connectivity index (χ1) is 11.5. The first-order valence-corrected chi connectivity index (χ1v) is 8.32. The second-order valence-corrected chi connectivity index (χ2v) is 6.79. The van der Waals surface area contributed by atoms with Gasteiger partial charge in [0.05, 0.1) is 18.1 Å². The Morgan fingerprint density at radius 1 is 1.25 bits per heavy atom. The summed E-state index contributed by atoms with van der Waals surface area (Å²) >= 11 is 1.47. The Morgan fingerprint density at radius 3 is 2.62 bits per heavy atom. The van der Waals surface area contributed by atoms with E-state index in [2.05, 4.69) is 5.32 Å². The van der Waals surface area contributed by atoms with Crippen molar-refractivity contribution in [3.8, 4) is 5.75 Å². The van der Waals surface area contributed by atoms with E-state index in [0.29, 0.717) is 17.5 Å². The number of amides is 1. The number of carbonyl (C=O) groups excluding carboxylic acids is 1. The molecule has 24 heavy (non-hydrogen) atoms. The molecule has 0 radical (unpaired) electrons. The summed E-state index contributed by atoms with van der Waals surface area (Å²) < 4.78 is 7.45. The summed E-state index contributed by atoms with van der Waals surface area (Å²) in [6, 6.07) is 9.37. The maximum absolute atomic E-state index is 12.6. The Kier molecular flexibility index (Phi) is 4.40. The second-order valence-electron chi connectivity index (χ2n) is 5.54. The molecule has 0 saturated carbocycles. The van der Waals surface area contributed by atoms with Crippen LogP contribution in [-0.2, 0) is 13.6 Å². The highest BCUT2D eigenvalue weighted by Gasteiger charge is 2.19. The second kappa shape index (κ2) is 6.49. The third kappa shape index (κ3) is 2.92. The summed E-state index contributed by atoms with van der Waals surface area (Å²) in [7, 11) is 3.30. The van der Waals surface area contributed by atoms with Gasteiger partial charge in [-0.15, -0.1) is 11.3 Å². The largest absolute Gasteiger partial charge is 0.497 e. The number of nitrogens with zero attached hydrogens (tertiary/aromatic N) is 1. The number of aryl methyl sites for hydroxylation is 2. The minimum Gasteiger partial charge on any atom is -0.497 e. The fourth-order valence-corrected chi connectivity index (χ4v) is 3.65. The molecule has 0 saturated heterocycles. The summed E-state index contributed by atoms with van der Waals surface area (Å²) in [4.78, 5) is 25.9. The van der Waals surface area contributed by atoms with Gasteiger partial charge in [0.1, 0.15) is 5.75 Å². The van der Waals surface area contributed by atoms with Gasteiger partial charge in [-0.25, -0.2) is 0 Å². The molecule has 0 aliphatic carbocycles. The van der Waals surface area contributed by atoms with Crippen molar-refractivity contribution in [2.24, 2.45) is 7.05 Å². The van der Waals surface area contributed by atoms with Crippen molar-refractivity contribution in [1.82, 2.24) is 9.88 Å². The summed E-state index contributed by atoms with van der Waals surface area (Å²) in [6.07, 6.45) is 1.72. The fourth-order valence-electron chi connectivity index (χ4n) is 2.61. The van der Waals surface area contributed by atoms with Crippen LogP contribution in [0.3, 0.4) is 0 Å². The van der Waals surface area contributed by atoms with Crippen LogP contribution in [0.2, 0.25) is 0 Å². The lowest BCUT2D eigenvalue weighted by Crippen LogP contribution is -2.25. The van der Waals surface area contributed by atoms with Crippen LogP contribution in [0, 0.1) is 6.92 Å². The highest BCUT2D eigenvalue weighted by molar-refractivity contribution is 7.19. The summed E-state index contributed by atoms with van der Waals surface area (Å²) in [5, 5.41) is 3.39. The van der Waals surface area contributed by atoms with Gasteiger partial charge >= 0.3 is 0 Å². The number of methoxy groups -OCH3 is 1. The van der Waals surface area contributed by atoms with Gasteiger partial charge < -0.3 is 14.6 Å². The molecule has 0 aliphatic rings. The molecule has 5 nitrogen and oxygen atoms in total. The molecule has 2 aromatic heterocycles. The molecule has 1 N–H and O–H groups in total. The Morgan fingerprint density at radius 2 is 1.96 bits per heavy atom. The van der Waals surface area contributed by atoms with Gasteiger partial charge in [0, 0.05) is 29.4 Å². The number of benzene rings is 1. The average Bonchev–Trinajstić information content (AvgIpc) is 2.93. The molecule has 3 aromatic rings. The monoisotopic (exact) mass is 342 g/mol. The van der Waals surface area contributed by atoms with Gasteiger partial charge in [0.2, 0.25) is 0 Å². The van der Waals surface area contributed by atoms with Crippen LogP contribution < -0.4 is 15.6 Å². The smallest absolute Gasteiger partial charge is 0.259 e. The number of rotatable bonds is 4. The van der Waals surface area contributed by atoms with Crippen LogP contribution in [-0.4, -0.2) is 17.6 Å². The van der Waals surface area contributed by atoms with Crippen molar-refractivity contribution < 1.29 is 9.53 Å². The van der Waals surface area contributed by atoms with E-state index in [4.69, 9.17) is 4.74 Å². The summed E-state index contributed by atoms with van der Waals surface area (Å²) in [6.45, 7) is 2.26. The number of hydrogen-bond acceptors (Lipinski definition) is 4. The van der Waals surface area contributed by atoms with E-state index >= 15 is 0 Å².